The monoisotopic (exact) mass is 291 g/mol. The Balaban J connectivity index is 2.75. The molecule has 0 unspecified atom stereocenters. The van der Waals surface area contributed by atoms with Gasteiger partial charge in [-0.05, 0) is 45.6 Å². The molecule has 114 valence electrons. The minimum atomic E-state index is -1.04. The maximum Gasteiger partial charge on any atom is 0.328 e. The predicted molar refractivity (Wildman–Crippen MR) is 81.0 cm³/mol. The number of carboxylic acid groups (broad SMARTS) is 1. The van der Waals surface area contributed by atoms with Crippen LogP contribution in [0.25, 0.3) is 6.08 Å². The second-order valence-corrected chi connectivity index (χ2v) is 5.57. The molecule has 21 heavy (non-hydrogen) atoms. The lowest BCUT2D eigenvalue weighted by Gasteiger charge is -2.32. The van der Waals surface area contributed by atoms with Crippen LogP contribution < -0.4 is 5.32 Å². The molecule has 0 saturated carbocycles. The molecule has 0 aliphatic rings. The highest BCUT2D eigenvalue weighted by Crippen LogP contribution is 2.09. The third-order valence-corrected chi connectivity index (χ3v) is 3.33. The Morgan fingerprint density at radius 1 is 1.38 bits per heavy atom. The molecule has 1 aromatic heterocycles. The van der Waals surface area contributed by atoms with Gasteiger partial charge in [0.15, 0.2) is 0 Å². The molecule has 0 radical (unpaired) electrons. The molecule has 0 saturated heterocycles. The van der Waals surface area contributed by atoms with Gasteiger partial charge in [-0.2, -0.15) is 0 Å². The van der Waals surface area contributed by atoms with E-state index in [1.807, 2.05) is 32.8 Å². The van der Waals surface area contributed by atoms with E-state index in [0.29, 0.717) is 17.7 Å². The summed E-state index contributed by atoms with van der Waals surface area (Å²) in [6.07, 6.45) is 5.36. The Morgan fingerprint density at radius 3 is 2.62 bits per heavy atom. The number of rotatable bonds is 6. The molecule has 0 aromatic carbocycles. The minimum absolute atomic E-state index is 0.163. The maximum atomic E-state index is 12.1. The molecular weight excluding hydrogens is 270 g/mol. The largest absolute Gasteiger partial charge is 0.478 e. The molecule has 0 spiro atoms. The van der Waals surface area contributed by atoms with Gasteiger partial charge in [0.1, 0.15) is 0 Å². The number of nitrogens with one attached hydrogen (secondary N) is 1. The quantitative estimate of drug-likeness (QED) is 0.771. The number of hydrogen-bond acceptors (Lipinski definition) is 4. The molecule has 1 aromatic rings. The average Bonchev–Trinajstić information content (AvgIpc) is 2.42. The number of nitrogens with zero attached hydrogens (tertiary/aromatic N) is 2. The number of pyridine rings is 1. The van der Waals surface area contributed by atoms with E-state index in [4.69, 9.17) is 5.11 Å². The number of carbonyl (C=O) groups excluding carboxylic acids is 1. The normalized spacial score (nSPS) is 11.9. The zero-order valence-corrected chi connectivity index (χ0v) is 12.8. The number of carboxylic acids is 1. The molecule has 6 nitrogen and oxygen atoms in total. The van der Waals surface area contributed by atoms with E-state index in [1.54, 1.807) is 6.07 Å². The van der Waals surface area contributed by atoms with Crippen LogP contribution in [0.3, 0.4) is 0 Å². The first-order valence-corrected chi connectivity index (χ1v) is 6.54. The zero-order chi connectivity index (χ0) is 16.0. The van der Waals surface area contributed by atoms with E-state index in [2.05, 4.69) is 10.3 Å². The molecule has 6 heteroatoms. The van der Waals surface area contributed by atoms with Gasteiger partial charge in [-0.15, -0.1) is 0 Å². The van der Waals surface area contributed by atoms with Gasteiger partial charge in [-0.25, -0.2) is 4.79 Å². The van der Waals surface area contributed by atoms with Gasteiger partial charge in [0.05, 0.1) is 5.56 Å². The summed E-state index contributed by atoms with van der Waals surface area (Å²) in [5.41, 5.74) is 0.804. The van der Waals surface area contributed by atoms with Crippen LogP contribution in [0.5, 0.6) is 0 Å². The minimum Gasteiger partial charge on any atom is -0.478 e. The van der Waals surface area contributed by atoms with Crippen LogP contribution in [0, 0.1) is 0 Å². The van der Waals surface area contributed by atoms with E-state index in [0.717, 1.165) is 6.08 Å². The Hall–Kier alpha value is -2.21. The predicted octanol–water partition coefficient (Wildman–Crippen LogP) is 1.25. The van der Waals surface area contributed by atoms with Crippen LogP contribution >= 0.6 is 0 Å². The average molecular weight is 291 g/mol. The fourth-order valence-electron chi connectivity index (χ4n) is 1.40. The maximum absolute atomic E-state index is 12.1. The first-order chi connectivity index (χ1) is 9.72. The second-order valence-electron chi connectivity index (χ2n) is 5.57. The number of carbonyl (C=O) groups is 2. The van der Waals surface area contributed by atoms with Crippen molar-refractivity contribution in [1.29, 1.82) is 0 Å². The smallest absolute Gasteiger partial charge is 0.328 e. The third-order valence-electron chi connectivity index (χ3n) is 3.33. The fourth-order valence-corrected chi connectivity index (χ4v) is 1.40. The van der Waals surface area contributed by atoms with Crippen molar-refractivity contribution in [1.82, 2.24) is 15.2 Å². The van der Waals surface area contributed by atoms with Crippen molar-refractivity contribution in [3.63, 3.8) is 0 Å². The third kappa shape index (κ3) is 5.35. The molecule has 0 fully saturated rings. The number of aliphatic carboxylic acids is 1. The Labute approximate surface area is 124 Å². The summed E-state index contributed by atoms with van der Waals surface area (Å²) in [5.74, 6) is -1.28. The zero-order valence-electron chi connectivity index (χ0n) is 12.8. The SMILES string of the molecule is CN(C)C(C)(C)CNC(=O)c1cncc(C=CC(=O)O)c1. The van der Waals surface area contributed by atoms with Gasteiger partial charge < -0.3 is 15.3 Å². The van der Waals surface area contributed by atoms with E-state index in [9.17, 15) is 9.59 Å². The topological polar surface area (TPSA) is 82.5 Å². The summed E-state index contributed by atoms with van der Waals surface area (Å²) in [6, 6.07) is 1.60. The Kier molecular flexibility index (Phi) is 5.60. The second kappa shape index (κ2) is 6.99. The summed E-state index contributed by atoms with van der Waals surface area (Å²) in [5, 5.41) is 11.4. The Morgan fingerprint density at radius 2 is 2.05 bits per heavy atom. The number of hydrogen-bond donors (Lipinski definition) is 2. The molecule has 1 rings (SSSR count). The van der Waals surface area contributed by atoms with E-state index in [1.165, 1.54) is 18.5 Å². The van der Waals surface area contributed by atoms with Gasteiger partial charge in [0, 0.05) is 30.6 Å². The Bertz CT molecular complexity index is 551. The summed E-state index contributed by atoms with van der Waals surface area (Å²) >= 11 is 0. The van der Waals surface area contributed by atoms with Crippen LogP contribution in [0.4, 0.5) is 0 Å². The molecule has 0 aliphatic heterocycles. The van der Waals surface area contributed by atoms with Gasteiger partial charge in [-0.1, -0.05) is 0 Å². The van der Waals surface area contributed by atoms with Crippen molar-refractivity contribution in [2.75, 3.05) is 20.6 Å². The summed E-state index contributed by atoms with van der Waals surface area (Å²) in [6.45, 7) is 4.54. The molecule has 2 N–H and O–H groups in total. The fraction of sp³-hybridized carbons (Fsp3) is 0.400. The van der Waals surface area contributed by atoms with E-state index < -0.39 is 5.97 Å². The summed E-state index contributed by atoms with van der Waals surface area (Å²) in [4.78, 5) is 28.5. The van der Waals surface area contributed by atoms with E-state index >= 15 is 0 Å². The van der Waals surface area contributed by atoms with Crippen LogP contribution in [0.1, 0.15) is 29.8 Å². The van der Waals surface area contributed by atoms with Crippen molar-refractivity contribution >= 4 is 18.0 Å². The highest BCUT2D eigenvalue weighted by atomic mass is 16.4. The van der Waals surface area contributed by atoms with Crippen molar-refractivity contribution in [3.05, 3.63) is 35.7 Å². The molecule has 0 bridgehead atoms. The van der Waals surface area contributed by atoms with Crippen LogP contribution in [0.2, 0.25) is 0 Å². The van der Waals surface area contributed by atoms with Crippen molar-refractivity contribution < 1.29 is 14.7 Å². The number of likely N-dealkylation sites (N-methyl/N-ethyl adjacent to an activating group) is 1. The first-order valence-electron chi connectivity index (χ1n) is 6.54. The van der Waals surface area contributed by atoms with Gasteiger partial charge in [0.25, 0.3) is 5.91 Å². The number of aromatic nitrogens is 1. The van der Waals surface area contributed by atoms with Crippen LogP contribution in [-0.2, 0) is 4.79 Å². The summed E-state index contributed by atoms with van der Waals surface area (Å²) < 4.78 is 0. The highest BCUT2D eigenvalue weighted by molar-refractivity contribution is 5.94. The highest BCUT2D eigenvalue weighted by Gasteiger charge is 2.21. The molecule has 1 heterocycles. The van der Waals surface area contributed by atoms with E-state index in [-0.39, 0.29) is 11.4 Å². The van der Waals surface area contributed by atoms with Gasteiger partial charge >= 0.3 is 5.97 Å². The van der Waals surface area contributed by atoms with Crippen LogP contribution in [-0.4, -0.2) is 53.0 Å². The van der Waals surface area contributed by atoms with Crippen molar-refractivity contribution in [2.24, 2.45) is 0 Å². The summed E-state index contributed by atoms with van der Waals surface area (Å²) in [7, 11) is 3.90. The number of amides is 1. The van der Waals surface area contributed by atoms with Gasteiger partial charge in [-0.3, -0.25) is 9.78 Å². The standard InChI is InChI=1S/C15H21N3O3/c1-15(2,18(3)4)10-17-14(21)12-7-11(8-16-9-12)5-6-13(19)20/h5-9H,10H2,1-4H3,(H,17,21)(H,19,20). The molecule has 0 atom stereocenters. The first kappa shape index (κ1) is 16.8. The van der Waals surface area contributed by atoms with Crippen LogP contribution in [0.15, 0.2) is 24.5 Å². The molecule has 1 amide bonds. The molecular formula is C15H21N3O3. The lowest BCUT2D eigenvalue weighted by molar-refractivity contribution is -0.131. The lowest BCUT2D eigenvalue weighted by Crippen LogP contribution is -2.48. The lowest BCUT2D eigenvalue weighted by atomic mass is 10.0. The molecule has 0 aliphatic carbocycles. The van der Waals surface area contributed by atoms with Gasteiger partial charge in [0.2, 0.25) is 0 Å². The van der Waals surface area contributed by atoms with Crippen molar-refractivity contribution in [3.8, 4) is 0 Å². The van der Waals surface area contributed by atoms with Crippen molar-refractivity contribution in [2.45, 2.75) is 19.4 Å².